The molecule has 1 aliphatic rings. The number of pyridine rings is 1. The lowest BCUT2D eigenvalue weighted by atomic mass is 9.84. The number of carboxylic acid groups (broad SMARTS) is 1. The Labute approximate surface area is 264 Å². The number of thiazole rings is 1. The van der Waals surface area contributed by atoms with Crippen molar-refractivity contribution in [3.8, 4) is 11.6 Å². The third-order valence-corrected chi connectivity index (χ3v) is 7.53. The molecular weight excluding hydrogens is 652 g/mol. The minimum atomic E-state index is -5.03. The molecule has 1 unspecified atom stereocenters. The second-order valence-electron chi connectivity index (χ2n) is 10.1. The van der Waals surface area contributed by atoms with Crippen LogP contribution in [0.2, 0.25) is 0 Å². The molecule has 0 aliphatic carbocycles. The highest BCUT2D eigenvalue weighted by molar-refractivity contribution is 7.80. The number of aliphatic carboxylic acids is 1. The van der Waals surface area contributed by atoms with Crippen LogP contribution >= 0.6 is 11.3 Å². The van der Waals surface area contributed by atoms with E-state index in [0.29, 0.717) is 30.4 Å². The lowest BCUT2D eigenvalue weighted by Crippen LogP contribution is -2.76. The Kier molecular flexibility index (Phi) is 10.1. The number of nitrogens with two attached hydrogens (primary N) is 2. The van der Waals surface area contributed by atoms with E-state index in [1.807, 2.05) is 0 Å². The fourth-order valence-electron chi connectivity index (χ4n) is 4.11. The van der Waals surface area contributed by atoms with Gasteiger partial charge in [0, 0.05) is 24.3 Å². The molecule has 0 aromatic carbocycles. The number of imidazole rings is 1. The molecule has 0 saturated carbocycles. The summed E-state index contributed by atoms with van der Waals surface area (Å²) < 4.78 is 44.1. The summed E-state index contributed by atoms with van der Waals surface area (Å²) in [6.07, 6.45) is 3.69. The van der Waals surface area contributed by atoms with Crippen LogP contribution in [0.3, 0.4) is 0 Å². The lowest BCUT2D eigenvalue weighted by molar-refractivity contribution is -0.218. The van der Waals surface area contributed by atoms with E-state index in [9.17, 15) is 27.9 Å². The van der Waals surface area contributed by atoms with Crippen LogP contribution in [0.25, 0.3) is 5.82 Å². The number of rotatable bonds is 15. The van der Waals surface area contributed by atoms with E-state index in [-0.39, 0.29) is 22.2 Å². The van der Waals surface area contributed by atoms with Crippen LogP contribution in [-0.2, 0) is 40.4 Å². The van der Waals surface area contributed by atoms with E-state index in [0.717, 1.165) is 11.3 Å². The zero-order chi connectivity index (χ0) is 33.8. The van der Waals surface area contributed by atoms with E-state index in [1.165, 1.54) is 36.1 Å². The molecule has 1 aliphatic heterocycles. The van der Waals surface area contributed by atoms with Gasteiger partial charge in [0.25, 0.3) is 17.9 Å². The Morgan fingerprint density at radius 2 is 2.04 bits per heavy atom. The molecular formula is C24H30N10O10S2. The Morgan fingerprint density at radius 1 is 1.30 bits per heavy atom. The molecule has 8 N–H and O–H groups in total. The lowest BCUT2D eigenvalue weighted by Gasteiger charge is -2.50. The summed E-state index contributed by atoms with van der Waals surface area (Å²) in [5, 5.41) is 25.8. The average Bonchev–Trinajstić information content (AvgIpc) is 3.59. The molecule has 1 saturated heterocycles. The first-order valence-electron chi connectivity index (χ1n) is 13.2. The van der Waals surface area contributed by atoms with Crippen molar-refractivity contribution in [3.05, 3.63) is 47.4 Å². The highest BCUT2D eigenvalue weighted by Gasteiger charge is 2.58. The van der Waals surface area contributed by atoms with Crippen molar-refractivity contribution in [2.45, 2.75) is 44.5 Å². The number of β-lactam (4-membered cyclic amide) rings is 1. The number of carbonyl (C=O) groups is 3. The quantitative estimate of drug-likeness (QED) is 0.0467. The summed E-state index contributed by atoms with van der Waals surface area (Å²) in [5.74, 6) is -2.96. The summed E-state index contributed by atoms with van der Waals surface area (Å²) in [7, 11) is -5.03. The van der Waals surface area contributed by atoms with Gasteiger partial charge in [0.15, 0.2) is 10.8 Å². The van der Waals surface area contributed by atoms with Crippen molar-refractivity contribution in [1.82, 2.24) is 29.5 Å². The number of hydrogen-bond acceptors (Lipinski definition) is 15. The Morgan fingerprint density at radius 3 is 2.61 bits per heavy atom. The summed E-state index contributed by atoms with van der Waals surface area (Å²) in [5.41, 5.74) is 9.30. The summed E-state index contributed by atoms with van der Waals surface area (Å²) in [6.45, 7) is 3.18. The number of anilines is 1. The van der Waals surface area contributed by atoms with Gasteiger partial charge in [-0.25, -0.2) is 14.8 Å². The largest absolute Gasteiger partial charge is 0.487 e. The van der Waals surface area contributed by atoms with Crippen molar-refractivity contribution in [3.63, 3.8) is 0 Å². The average molecular weight is 683 g/mol. The fourth-order valence-corrected chi connectivity index (χ4v) is 5.11. The Bertz CT molecular complexity index is 1800. The molecule has 22 heteroatoms. The van der Waals surface area contributed by atoms with Crippen LogP contribution in [0, 0.1) is 5.41 Å². The predicted molar refractivity (Wildman–Crippen MR) is 158 cm³/mol. The highest BCUT2D eigenvalue weighted by atomic mass is 32.3. The maximum Gasteiger partial charge on any atom is 0.418 e. The number of nitrogens with zero attached hydrogens (tertiary/aromatic N) is 6. The number of carbonyl (C=O) groups excluding carboxylic acids is 2. The number of nitrogen functional groups attached to an aromatic ring is 1. The van der Waals surface area contributed by atoms with E-state index < -0.39 is 58.2 Å². The van der Waals surface area contributed by atoms with Gasteiger partial charge in [-0.05, 0) is 38.9 Å². The first-order chi connectivity index (χ1) is 21.6. The van der Waals surface area contributed by atoms with Gasteiger partial charge >= 0.3 is 16.4 Å². The predicted octanol–water partition coefficient (Wildman–Crippen LogP) is -1.37. The smallest absolute Gasteiger partial charge is 0.418 e. The summed E-state index contributed by atoms with van der Waals surface area (Å²) >= 11 is 0.942. The first kappa shape index (κ1) is 34.0. The van der Waals surface area contributed by atoms with Gasteiger partial charge in [0.2, 0.25) is 5.62 Å². The van der Waals surface area contributed by atoms with Crippen LogP contribution in [0.1, 0.15) is 26.0 Å². The number of aromatic nitrogens is 4. The van der Waals surface area contributed by atoms with Crippen molar-refractivity contribution < 1.29 is 46.3 Å². The zero-order valence-electron chi connectivity index (χ0n) is 24.3. The van der Waals surface area contributed by atoms with Crippen molar-refractivity contribution in [1.29, 1.82) is 5.41 Å². The summed E-state index contributed by atoms with van der Waals surface area (Å²) in [4.78, 5) is 50.9. The molecule has 20 nitrogen and oxygen atoms in total. The minimum absolute atomic E-state index is 0.0418. The number of nitrogens with one attached hydrogen (secondary N) is 2. The van der Waals surface area contributed by atoms with Gasteiger partial charge in [-0.3, -0.25) is 24.1 Å². The third kappa shape index (κ3) is 7.66. The SMILES string of the molecule is CC1(C)[C@H](NC(=O)/C(=N\OC(COc2ccc(-n3ccn(CCCN)c3=N)nc2)C(=O)O)c2csc(N)n2)C(=O)N1OS(=O)(=O)O. The van der Waals surface area contributed by atoms with Gasteiger partial charge < -0.3 is 36.0 Å². The van der Waals surface area contributed by atoms with E-state index in [2.05, 4.69) is 24.7 Å². The second kappa shape index (κ2) is 13.6. The number of carboxylic acids is 1. The maximum absolute atomic E-state index is 13.2. The molecule has 0 spiro atoms. The highest BCUT2D eigenvalue weighted by Crippen LogP contribution is 2.33. The molecule has 1 fully saturated rings. The number of hydroxylamine groups is 2. The third-order valence-electron chi connectivity index (χ3n) is 6.52. The van der Waals surface area contributed by atoms with Crippen LogP contribution in [-0.4, -0.2) is 96.6 Å². The molecule has 248 valence electrons. The Hall–Kier alpha value is -4.90. The molecule has 0 radical (unpaired) electrons. The molecule has 3 aromatic heterocycles. The first-order valence-corrected chi connectivity index (χ1v) is 15.5. The van der Waals surface area contributed by atoms with Gasteiger partial charge in [0.1, 0.15) is 29.9 Å². The van der Waals surface area contributed by atoms with E-state index >= 15 is 0 Å². The van der Waals surface area contributed by atoms with Gasteiger partial charge in [-0.1, -0.05) is 5.16 Å². The van der Waals surface area contributed by atoms with Crippen LogP contribution in [0.5, 0.6) is 5.75 Å². The number of amides is 2. The van der Waals surface area contributed by atoms with Crippen molar-refractivity contribution >= 4 is 50.4 Å². The van der Waals surface area contributed by atoms with E-state index in [4.69, 9.17) is 31.0 Å². The molecule has 2 amide bonds. The number of oxime groups is 1. The minimum Gasteiger partial charge on any atom is -0.487 e. The molecule has 46 heavy (non-hydrogen) atoms. The molecule has 4 rings (SSSR count). The molecule has 4 heterocycles. The molecule has 3 aromatic rings. The topological polar surface area (TPSA) is 293 Å². The van der Waals surface area contributed by atoms with Gasteiger partial charge in [-0.15, -0.1) is 15.6 Å². The fraction of sp³-hybridized carbons (Fsp3) is 0.375. The molecule has 2 atom stereocenters. The van der Waals surface area contributed by atoms with Crippen molar-refractivity contribution in [2.75, 3.05) is 18.9 Å². The standard InChI is InChI=1S/C24H30N10O10S2/c1-24(2)18(20(36)34(24)44-46(39,40)41)30-19(35)17(14-12-45-22(26)29-14)31-43-15(21(37)38)11-42-13-4-5-16(28-10-13)33-9-8-32(23(33)27)7-3-6-25/h4-5,8-10,12,15,18,27H,3,6-7,11,25H2,1-2H3,(H2,26,29)(H,30,35)(H,37,38)(H,39,40,41)/b27-23?,31-17-/t15?,18-/m1/s1. The zero-order valence-corrected chi connectivity index (χ0v) is 25.9. The maximum atomic E-state index is 13.2. The van der Waals surface area contributed by atoms with Crippen LogP contribution in [0.4, 0.5) is 5.13 Å². The van der Waals surface area contributed by atoms with Gasteiger partial charge in [-0.2, -0.15) is 13.5 Å². The van der Waals surface area contributed by atoms with Crippen LogP contribution < -0.4 is 27.1 Å². The molecule has 0 bridgehead atoms. The normalized spacial score (nSPS) is 16.9. The van der Waals surface area contributed by atoms with Gasteiger partial charge in [0.05, 0.1) is 11.7 Å². The Balaban J connectivity index is 1.45. The van der Waals surface area contributed by atoms with Crippen LogP contribution in [0.15, 0.2) is 41.3 Å². The van der Waals surface area contributed by atoms with E-state index in [1.54, 1.807) is 23.0 Å². The monoisotopic (exact) mass is 682 g/mol. The second-order valence-corrected chi connectivity index (χ2v) is 12.0. The number of ether oxygens (including phenoxy) is 1. The number of hydrogen-bond donors (Lipinski definition) is 6. The summed E-state index contributed by atoms with van der Waals surface area (Å²) in [6, 6.07) is 1.73. The van der Waals surface area contributed by atoms with Crippen molar-refractivity contribution in [2.24, 2.45) is 10.9 Å². The number of aryl methyl sites for hydroxylation is 1.